The van der Waals surface area contributed by atoms with E-state index in [1.54, 1.807) is 0 Å². The van der Waals surface area contributed by atoms with E-state index < -0.39 is 0 Å². The third-order valence-corrected chi connectivity index (χ3v) is 3.72. The van der Waals surface area contributed by atoms with Gasteiger partial charge in [-0.1, -0.05) is 38.4 Å². The van der Waals surface area contributed by atoms with Crippen LogP contribution in [0.1, 0.15) is 51.9 Å². The minimum Gasteiger partial charge on any atom is -0.486 e. The lowest BCUT2D eigenvalue weighted by molar-refractivity contribution is 0.301. The first kappa shape index (κ1) is 15.9. The van der Waals surface area contributed by atoms with Crippen molar-refractivity contribution < 1.29 is 4.74 Å². The zero-order valence-corrected chi connectivity index (χ0v) is 14.1. The summed E-state index contributed by atoms with van der Waals surface area (Å²) in [6, 6.07) is 6.38. The minimum absolute atomic E-state index is 0.0816. The number of imidazole rings is 1. The average molecular weight is 307 g/mol. The lowest BCUT2D eigenvalue weighted by Gasteiger charge is -2.20. The molecule has 1 aromatic heterocycles. The van der Waals surface area contributed by atoms with Gasteiger partial charge in [-0.3, -0.25) is 0 Å². The van der Waals surface area contributed by atoms with Gasteiger partial charge in [0.2, 0.25) is 0 Å². The van der Waals surface area contributed by atoms with Crippen molar-refractivity contribution in [1.29, 1.82) is 0 Å². The van der Waals surface area contributed by atoms with Gasteiger partial charge >= 0.3 is 0 Å². The van der Waals surface area contributed by atoms with Gasteiger partial charge in [-0.05, 0) is 37.0 Å². The van der Waals surface area contributed by atoms with Crippen molar-refractivity contribution in [3.63, 3.8) is 0 Å². The molecule has 2 rings (SSSR count). The van der Waals surface area contributed by atoms with Crippen LogP contribution in [-0.2, 0) is 12.0 Å². The molecule has 0 aliphatic carbocycles. The monoisotopic (exact) mass is 306 g/mol. The molecule has 21 heavy (non-hydrogen) atoms. The summed E-state index contributed by atoms with van der Waals surface area (Å²) < 4.78 is 7.83. The lowest BCUT2D eigenvalue weighted by atomic mass is 9.87. The van der Waals surface area contributed by atoms with E-state index in [-0.39, 0.29) is 5.41 Å². The highest BCUT2D eigenvalue weighted by molar-refractivity contribution is 6.32. The highest BCUT2D eigenvalue weighted by Gasteiger charge is 2.15. The fourth-order valence-corrected chi connectivity index (χ4v) is 2.21. The number of halogens is 1. The van der Waals surface area contributed by atoms with Crippen LogP contribution in [0.5, 0.6) is 5.75 Å². The summed E-state index contributed by atoms with van der Waals surface area (Å²) >= 11 is 6.31. The number of nitrogens with zero attached hydrogens (tertiary/aromatic N) is 2. The molecule has 0 N–H and O–H groups in total. The van der Waals surface area contributed by atoms with Gasteiger partial charge in [0.15, 0.2) is 0 Å². The largest absolute Gasteiger partial charge is 0.486 e. The molecule has 0 radical (unpaired) electrons. The average Bonchev–Trinajstić information content (AvgIpc) is 2.85. The van der Waals surface area contributed by atoms with E-state index in [2.05, 4.69) is 50.2 Å². The SMILES string of the molecule is CC(C)n1cnc(COc2ccc(C(C)(C)C)cc2Cl)c1. The summed E-state index contributed by atoms with van der Waals surface area (Å²) in [6.07, 6.45) is 3.83. The molecule has 0 saturated heterocycles. The zero-order chi connectivity index (χ0) is 15.6. The Labute approximate surface area is 131 Å². The second-order valence-electron chi connectivity index (χ2n) is 6.59. The minimum atomic E-state index is 0.0816. The highest BCUT2D eigenvalue weighted by atomic mass is 35.5. The van der Waals surface area contributed by atoms with Gasteiger partial charge < -0.3 is 9.30 Å². The van der Waals surface area contributed by atoms with Gasteiger partial charge in [0.1, 0.15) is 12.4 Å². The van der Waals surface area contributed by atoms with Crippen molar-refractivity contribution >= 4 is 11.6 Å². The van der Waals surface area contributed by atoms with Gasteiger partial charge in [-0.15, -0.1) is 0 Å². The van der Waals surface area contributed by atoms with E-state index in [9.17, 15) is 0 Å². The molecule has 114 valence electrons. The summed E-state index contributed by atoms with van der Waals surface area (Å²) in [6.45, 7) is 11.2. The molecule has 3 nitrogen and oxygen atoms in total. The fourth-order valence-electron chi connectivity index (χ4n) is 1.97. The zero-order valence-electron chi connectivity index (χ0n) is 13.4. The standard InChI is InChI=1S/C17H23ClN2O/c1-12(2)20-9-14(19-11-20)10-21-16-7-6-13(8-15(16)18)17(3,4)5/h6-9,11-12H,10H2,1-5H3. The number of ether oxygens (including phenoxy) is 1. The smallest absolute Gasteiger partial charge is 0.138 e. The Morgan fingerprint density at radius 3 is 2.52 bits per heavy atom. The summed E-state index contributed by atoms with van der Waals surface area (Å²) in [7, 11) is 0. The van der Waals surface area contributed by atoms with Crippen molar-refractivity contribution in [2.45, 2.75) is 52.7 Å². The fraction of sp³-hybridized carbons (Fsp3) is 0.471. The Kier molecular flexibility index (Phi) is 4.62. The van der Waals surface area contributed by atoms with Crippen molar-refractivity contribution in [2.75, 3.05) is 0 Å². The van der Waals surface area contributed by atoms with Gasteiger partial charge in [0.25, 0.3) is 0 Å². The second kappa shape index (κ2) is 6.10. The molecule has 2 aromatic rings. The van der Waals surface area contributed by atoms with E-state index in [0.29, 0.717) is 23.4 Å². The van der Waals surface area contributed by atoms with E-state index >= 15 is 0 Å². The van der Waals surface area contributed by atoms with Gasteiger partial charge in [-0.25, -0.2) is 4.98 Å². The number of aromatic nitrogens is 2. The maximum Gasteiger partial charge on any atom is 0.138 e. The first-order valence-electron chi connectivity index (χ1n) is 7.22. The highest BCUT2D eigenvalue weighted by Crippen LogP contribution is 2.31. The summed E-state index contributed by atoms with van der Waals surface area (Å²) in [4.78, 5) is 4.33. The molecule has 0 amide bonds. The Hall–Kier alpha value is -1.48. The molecule has 1 heterocycles. The van der Waals surface area contributed by atoms with Crippen LogP contribution in [0.3, 0.4) is 0 Å². The molecule has 4 heteroatoms. The van der Waals surface area contributed by atoms with Crippen LogP contribution in [-0.4, -0.2) is 9.55 Å². The molecular weight excluding hydrogens is 284 g/mol. The first-order valence-corrected chi connectivity index (χ1v) is 7.60. The quantitative estimate of drug-likeness (QED) is 0.795. The van der Waals surface area contributed by atoms with Gasteiger partial charge in [0.05, 0.1) is 17.0 Å². The molecule has 0 atom stereocenters. The number of hydrogen-bond acceptors (Lipinski definition) is 2. The molecule has 0 spiro atoms. The number of hydrogen-bond donors (Lipinski definition) is 0. The van der Waals surface area contributed by atoms with Crippen molar-refractivity contribution in [3.8, 4) is 5.75 Å². The van der Waals surface area contributed by atoms with Crippen molar-refractivity contribution in [1.82, 2.24) is 9.55 Å². The molecule has 0 fully saturated rings. The van der Waals surface area contributed by atoms with E-state index in [0.717, 1.165) is 5.69 Å². The third kappa shape index (κ3) is 4.01. The topological polar surface area (TPSA) is 27.1 Å². The maximum absolute atomic E-state index is 6.31. The van der Waals surface area contributed by atoms with E-state index in [4.69, 9.17) is 16.3 Å². The van der Waals surface area contributed by atoms with Crippen molar-refractivity contribution in [2.24, 2.45) is 0 Å². The Morgan fingerprint density at radius 1 is 1.29 bits per heavy atom. The normalized spacial score (nSPS) is 12.0. The summed E-state index contributed by atoms with van der Waals surface area (Å²) in [5.74, 6) is 0.698. The van der Waals surface area contributed by atoms with Gasteiger partial charge in [0, 0.05) is 12.2 Å². The van der Waals surface area contributed by atoms with Crippen LogP contribution in [0.25, 0.3) is 0 Å². The van der Waals surface area contributed by atoms with Crippen LogP contribution < -0.4 is 4.74 Å². The Balaban J connectivity index is 2.06. The molecule has 0 bridgehead atoms. The molecule has 0 aliphatic heterocycles. The summed E-state index contributed by atoms with van der Waals surface area (Å²) in [5, 5.41) is 0.644. The number of benzene rings is 1. The van der Waals surface area contributed by atoms with Crippen LogP contribution in [0, 0.1) is 0 Å². The van der Waals surface area contributed by atoms with Crippen molar-refractivity contribution in [3.05, 3.63) is 47.0 Å². The van der Waals surface area contributed by atoms with Crippen LogP contribution in [0.4, 0.5) is 0 Å². The predicted octanol–water partition coefficient (Wildman–Crippen LogP) is 4.99. The van der Waals surface area contributed by atoms with Crippen LogP contribution >= 0.6 is 11.6 Å². The second-order valence-corrected chi connectivity index (χ2v) is 7.00. The number of rotatable bonds is 4. The van der Waals surface area contributed by atoms with E-state index in [1.807, 2.05) is 24.7 Å². The van der Waals surface area contributed by atoms with Crippen LogP contribution in [0.15, 0.2) is 30.7 Å². The molecule has 1 aromatic carbocycles. The molecule has 0 aliphatic rings. The molecule has 0 unspecified atom stereocenters. The Bertz CT molecular complexity index is 611. The third-order valence-electron chi connectivity index (χ3n) is 3.42. The van der Waals surface area contributed by atoms with E-state index in [1.165, 1.54) is 5.56 Å². The van der Waals surface area contributed by atoms with Crippen LogP contribution in [0.2, 0.25) is 5.02 Å². The van der Waals surface area contributed by atoms with Gasteiger partial charge in [-0.2, -0.15) is 0 Å². The Morgan fingerprint density at radius 2 is 2.00 bits per heavy atom. The maximum atomic E-state index is 6.31. The first-order chi connectivity index (χ1) is 9.77. The molecular formula is C17H23ClN2O. The molecule has 0 saturated carbocycles. The summed E-state index contributed by atoms with van der Waals surface area (Å²) in [5.41, 5.74) is 2.18. The lowest BCUT2D eigenvalue weighted by Crippen LogP contribution is -2.10. The predicted molar refractivity (Wildman–Crippen MR) is 87.1 cm³/mol.